The highest BCUT2D eigenvalue weighted by Crippen LogP contribution is 2.20. The number of carbonyl (C=O) groups excluding carboxylic acids is 3. The van der Waals surface area contributed by atoms with Gasteiger partial charge in [0.25, 0.3) is 5.91 Å². The molecule has 8 nitrogen and oxygen atoms in total. The first-order valence-electron chi connectivity index (χ1n) is 8.53. The number of amides is 3. The van der Waals surface area contributed by atoms with Crippen LogP contribution < -0.4 is 16.4 Å². The Kier molecular flexibility index (Phi) is 9.25. The zero-order valence-corrected chi connectivity index (χ0v) is 16.2. The minimum atomic E-state index is -1.37. The topological polar surface area (TPSA) is 125 Å². The molecular formula is C17H28N4O4S. The molecule has 1 heterocycles. The number of nitrogens with one attached hydrogen (secondary N) is 2. The number of unbranched alkanes of at least 4 members (excludes halogenated alkanes) is 1. The monoisotopic (exact) mass is 384 g/mol. The standard InChI is InChI=1S/C17H28N4O4S/c1-4-5-7-11(18)15(23)16(24)19-10-13(22)20-14(17(25)21(2)3)12-8-6-9-26-12/h6,8-9,11,14-15,23H,4-5,7,10,18H2,1-3H3,(H,19,24)(H,20,22)/t11?,14-,15?/m0/s1. The van der Waals surface area contributed by atoms with E-state index < -0.39 is 30.0 Å². The third kappa shape index (κ3) is 6.74. The summed E-state index contributed by atoms with van der Waals surface area (Å²) in [6.45, 7) is 1.64. The molecule has 1 aromatic rings. The molecule has 2 unspecified atom stereocenters. The van der Waals surface area contributed by atoms with Crippen LogP contribution >= 0.6 is 11.3 Å². The van der Waals surface area contributed by atoms with Crippen molar-refractivity contribution in [1.82, 2.24) is 15.5 Å². The van der Waals surface area contributed by atoms with Gasteiger partial charge in [-0.2, -0.15) is 0 Å². The molecule has 5 N–H and O–H groups in total. The number of hydrogen-bond acceptors (Lipinski definition) is 6. The van der Waals surface area contributed by atoms with E-state index >= 15 is 0 Å². The summed E-state index contributed by atoms with van der Waals surface area (Å²) >= 11 is 1.35. The zero-order chi connectivity index (χ0) is 19.7. The first kappa shape index (κ1) is 22.1. The van der Waals surface area contributed by atoms with Gasteiger partial charge in [-0.05, 0) is 17.9 Å². The number of rotatable bonds is 10. The van der Waals surface area contributed by atoms with Crippen LogP contribution in [0.5, 0.6) is 0 Å². The van der Waals surface area contributed by atoms with Crippen LogP contribution in [0.3, 0.4) is 0 Å². The van der Waals surface area contributed by atoms with Gasteiger partial charge in [-0.15, -0.1) is 11.3 Å². The van der Waals surface area contributed by atoms with Crippen molar-refractivity contribution in [2.45, 2.75) is 44.4 Å². The Morgan fingerprint density at radius 1 is 1.35 bits per heavy atom. The van der Waals surface area contributed by atoms with Crippen LogP contribution in [0.25, 0.3) is 0 Å². The van der Waals surface area contributed by atoms with Crippen LogP contribution in [0.15, 0.2) is 17.5 Å². The Hall–Kier alpha value is -1.97. The number of carbonyl (C=O) groups is 3. The molecule has 0 fully saturated rings. The maximum atomic E-state index is 12.3. The van der Waals surface area contributed by atoms with Gasteiger partial charge in [-0.25, -0.2) is 0 Å². The molecule has 0 radical (unpaired) electrons. The highest BCUT2D eigenvalue weighted by Gasteiger charge is 2.26. The molecular weight excluding hydrogens is 356 g/mol. The number of aliphatic hydroxyl groups is 1. The highest BCUT2D eigenvalue weighted by molar-refractivity contribution is 7.10. The van der Waals surface area contributed by atoms with Crippen molar-refractivity contribution < 1.29 is 19.5 Å². The van der Waals surface area contributed by atoms with Crippen LogP contribution in [0, 0.1) is 0 Å². The van der Waals surface area contributed by atoms with Gasteiger partial charge in [0.05, 0.1) is 6.54 Å². The molecule has 0 bridgehead atoms. The predicted octanol–water partition coefficient (Wildman–Crippen LogP) is -0.0118. The zero-order valence-electron chi connectivity index (χ0n) is 15.4. The second kappa shape index (κ2) is 10.9. The molecule has 0 aliphatic heterocycles. The van der Waals surface area contributed by atoms with E-state index in [0.29, 0.717) is 11.3 Å². The van der Waals surface area contributed by atoms with Gasteiger partial charge in [0.2, 0.25) is 11.8 Å². The van der Waals surface area contributed by atoms with Crippen molar-refractivity contribution in [1.29, 1.82) is 0 Å². The van der Waals surface area contributed by atoms with Gasteiger partial charge >= 0.3 is 0 Å². The third-order valence-electron chi connectivity index (χ3n) is 3.81. The maximum Gasteiger partial charge on any atom is 0.250 e. The fraction of sp³-hybridized carbons (Fsp3) is 0.588. The first-order chi connectivity index (χ1) is 12.3. The van der Waals surface area contributed by atoms with Crippen molar-refractivity contribution in [2.24, 2.45) is 5.73 Å². The van der Waals surface area contributed by atoms with E-state index in [0.717, 1.165) is 12.8 Å². The Balaban J connectivity index is 2.58. The minimum absolute atomic E-state index is 0.270. The molecule has 0 saturated carbocycles. The van der Waals surface area contributed by atoms with Crippen molar-refractivity contribution in [3.05, 3.63) is 22.4 Å². The summed E-state index contributed by atoms with van der Waals surface area (Å²) < 4.78 is 0. The van der Waals surface area contributed by atoms with Crippen LogP contribution in [0.1, 0.15) is 37.1 Å². The third-order valence-corrected chi connectivity index (χ3v) is 4.75. The molecule has 0 saturated heterocycles. The average molecular weight is 385 g/mol. The summed E-state index contributed by atoms with van der Waals surface area (Å²) in [4.78, 5) is 38.4. The van der Waals surface area contributed by atoms with E-state index in [1.807, 2.05) is 12.3 Å². The van der Waals surface area contributed by atoms with E-state index in [1.165, 1.54) is 16.2 Å². The van der Waals surface area contributed by atoms with E-state index in [2.05, 4.69) is 10.6 Å². The molecule has 26 heavy (non-hydrogen) atoms. The summed E-state index contributed by atoms with van der Waals surface area (Å²) in [5.74, 6) is -1.50. The second-order valence-electron chi connectivity index (χ2n) is 6.22. The van der Waals surface area contributed by atoms with E-state index in [4.69, 9.17) is 5.73 Å². The Bertz CT molecular complexity index is 592. The number of hydrogen-bond donors (Lipinski definition) is 4. The number of nitrogens with two attached hydrogens (primary N) is 1. The molecule has 146 valence electrons. The van der Waals surface area contributed by atoms with Crippen LogP contribution in [0.4, 0.5) is 0 Å². The van der Waals surface area contributed by atoms with Crippen molar-refractivity contribution >= 4 is 29.1 Å². The predicted molar refractivity (Wildman–Crippen MR) is 100 cm³/mol. The van der Waals surface area contributed by atoms with E-state index in [-0.39, 0.29) is 12.5 Å². The van der Waals surface area contributed by atoms with Gasteiger partial charge in [0.15, 0.2) is 0 Å². The van der Waals surface area contributed by atoms with Crippen LogP contribution in [0.2, 0.25) is 0 Å². The smallest absolute Gasteiger partial charge is 0.250 e. The quantitative estimate of drug-likeness (QED) is 0.451. The first-order valence-corrected chi connectivity index (χ1v) is 9.41. The lowest BCUT2D eigenvalue weighted by atomic mass is 10.0. The SMILES string of the molecule is CCCCC(N)C(O)C(=O)NCC(=O)N[C@H](C(=O)N(C)C)c1cccs1. The summed E-state index contributed by atoms with van der Waals surface area (Å²) in [5.41, 5.74) is 5.77. The lowest BCUT2D eigenvalue weighted by Crippen LogP contribution is -2.49. The molecule has 0 aliphatic rings. The average Bonchev–Trinajstić information content (AvgIpc) is 3.15. The van der Waals surface area contributed by atoms with Gasteiger partial charge in [-0.1, -0.05) is 25.8 Å². The molecule has 3 amide bonds. The van der Waals surface area contributed by atoms with Crippen molar-refractivity contribution in [3.63, 3.8) is 0 Å². The Labute approximate surface area is 157 Å². The molecule has 1 rings (SSSR count). The van der Waals surface area contributed by atoms with Crippen LogP contribution in [-0.4, -0.2) is 60.5 Å². The number of likely N-dealkylation sites (N-methyl/N-ethyl adjacent to an activating group) is 1. The van der Waals surface area contributed by atoms with Crippen LogP contribution in [-0.2, 0) is 14.4 Å². The lowest BCUT2D eigenvalue weighted by Gasteiger charge is -2.21. The summed E-state index contributed by atoms with van der Waals surface area (Å²) in [7, 11) is 3.20. The highest BCUT2D eigenvalue weighted by atomic mass is 32.1. The number of thiophene rings is 1. The second-order valence-corrected chi connectivity index (χ2v) is 7.20. The maximum absolute atomic E-state index is 12.3. The lowest BCUT2D eigenvalue weighted by molar-refractivity contribution is -0.135. The molecule has 0 aliphatic carbocycles. The van der Waals surface area contributed by atoms with E-state index in [9.17, 15) is 19.5 Å². The molecule has 0 aromatic carbocycles. The minimum Gasteiger partial charge on any atom is -0.382 e. The summed E-state index contributed by atoms with van der Waals surface area (Å²) in [6.07, 6.45) is 0.871. The normalized spacial score (nSPS) is 14.2. The molecule has 0 spiro atoms. The van der Waals surface area contributed by atoms with Gasteiger partial charge < -0.3 is 26.4 Å². The van der Waals surface area contributed by atoms with Gasteiger partial charge in [0, 0.05) is 25.0 Å². The molecule has 9 heteroatoms. The largest absolute Gasteiger partial charge is 0.382 e. The molecule has 3 atom stereocenters. The van der Waals surface area contributed by atoms with E-state index in [1.54, 1.807) is 26.2 Å². The summed E-state index contributed by atoms with van der Waals surface area (Å²) in [5, 5.41) is 16.7. The number of nitrogens with zero attached hydrogens (tertiary/aromatic N) is 1. The van der Waals surface area contributed by atoms with Gasteiger partial charge in [-0.3, -0.25) is 14.4 Å². The van der Waals surface area contributed by atoms with Gasteiger partial charge in [0.1, 0.15) is 12.1 Å². The molecule has 1 aromatic heterocycles. The fourth-order valence-electron chi connectivity index (χ4n) is 2.24. The Morgan fingerprint density at radius 3 is 2.58 bits per heavy atom. The summed E-state index contributed by atoms with van der Waals surface area (Å²) in [6, 6.07) is 2.06. The fourth-order valence-corrected chi connectivity index (χ4v) is 3.01. The Morgan fingerprint density at radius 2 is 2.04 bits per heavy atom. The van der Waals surface area contributed by atoms with Crippen molar-refractivity contribution in [2.75, 3.05) is 20.6 Å². The van der Waals surface area contributed by atoms with Crippen molar-refractivity contribution in [3.8, 4) is 0 Å². The number of aliphatic hydroxyl groups excluding tert-OH is 1.